The largest absolute Gasteiger partial charge is 0.330 e. The van der Waals surface area contributed by atoms with Gasteiger partial charge in [0.15, 0.2) is 0 Å². The Labute approximate surface area is 125 Å². The van der Waals surface area contributed by atoms with Gasteiger partial charge in [-0.05, 0) is 50.1 Å². The molecule has 0 fully saturated rings. The topological polar surface area (TPSA) is 43.3 Å². The maximum absolute atomic E-state index is 5.79. The molecule has 0 spiro atoms. The van der Waals surface area contributed by atoms with E-state index in [0.717, 1.165) is 17.8 Å². The number of nitrogens with zero attached hydrogens (tertiary/aromatic N) is 2. The summed E-state index contributed by atoms with van der Waals surface area (Å²) in [6, 6.07) is 10.6. The van der Waals surface area contributed by atoms with E-state index in [1.807, 2.05) is 0 Å². The Morgan fingerprint density at radius 3 is 2.57 bits per heavy atom. The van der Waals surface area contributed by atoms with Crippen LogP contribution in [-0.4, -0.2) is 15.9 Å². The third kappa shape index (κ3) is 2.24. The molecule has 0 radical (unpaired) electrons. The number of nitrogens with two attached hydrogens (primary N) is 1. The van der Waals surface area contributed by atoms with Crippen LogP contribution in [-0.2, 0) is 6.42 Å². The summed E-state index contributed by atoms with van der Waals surface area (Å²) < 4.78 is 2.20. The van der Waals surface area contributed by atoms with E-state index in [1.165, 1.54) is 27.9 Å². The summed E-state index contributed by atoms with van der Waals surface area (Å²) >= 11 is 0. The summed E-state index contributed by atoms with van der Waals surface area (Å²) in [5, 5.41) is 0. The van der Waals surface area contributed by atoms with Gasteiger partial charge >= 0.3 is 0 Å². The first kappa shape index (κ1) is 13.8. The van der Waals surface area contributed by atoms with Crippen LogP contribution in [0.5, 0.6) is 0 Å². The zero-order chi connectivity index (χ0) is 15.0. The summed E-state index contributed by atoms with van der Waals surface area (Å²) in [5.41, 5.74) is 14.1. The van der Waals surface area contributed by atoms with Gasteiger partial charge in [-0.2, -0.15) is 0 Å². The quantitative estimate of drug-likeness (QED) is 0.798. The zero-order valence-corrected chi connectivity index (χ0v) is 12.9. The van der Waals surface area contributed by atoms with Gasteiger partial charge in [-0.3, -0.25) is 4.40 Å². The van der Waals surface area contributed by atoms with Gasteiger partial charge < -0.3 is 5.73 Å². The highest BCUT2D eigenvalue weighted by Crippen LogP contribution is 2.30. The fourth-order valence-corrected chi connectivity index (χ4v) is 2.85. The van der Waals surface area contributed by atoms with E-state index in [2.05, 4.69) is 61.7 Å². The molecule has 2 heterocycles. The van der Waals surface area contributed by atoms with Crippen molar-refractivity contribution < 1.29 is 0 Å². The molecule has 21 heavy (non-hydrogen) atoms. The number of imidazole rings is 1. The molecule has 0 aliphatic carbocycles. The Morgan fingerprint density at radius 2 is 1.81 bits per heavy atom. The Balaban J connectivity index is 2.37. The highest BCUT2D eigenvalue weighted by molar-refractivity contribution is 5.72. The lowest BCUT2D eigenvalue weighted by Gasteiger charge is -2.10. The molecule has 0 bridgehead atoms. The minimum atomic E-state index is 0.612. The molecular formula is C18H21N3. The third-order valence-corrected chi connectivity index (χ3v) is 4.16. The van der Waals surface area contributed by atoms with Crippen LogP contribution in [0, 0.1) is 20.8 Å². The second kappa shape index (κ2) is 5.34. The predicted molar refractivity (Wildman–Crippen MR) is 87.6 cm³/mol. The molecule has 0 aliphatic rings. The molecule has 0 aliphatic heterocycles. The first-order valence-electron chi connectivity index (χ1n) is 7.36. The van der Waals surface area contributed by atoms with Crippen molar-refractivity contribution in [1.29, 1.82) is 0 Å². The van der Waals surface area contributed by atoms with Crippen molar-refractivity contribution in [2.24, 2.45) is 5.73 Å². The SMILES string of the molecule is Cc1cccc(-c2c(CCN)nc3c(C)cccn23)c1C. The van der Waals surface area contributed by atoms with Crippen molar-refractivity contribution in [1.82, 2.24) is 9.38 Å². The van der Waals surface area contributed by atoms with Gasteiger partial charge in [0, 0.05) is 18.2 Å². The van der Waals surface area contributed by atoms with E-state index >= 15 is 0 Å². The maximum Gasteiger partial charge on any atom is 0.140 e. The average molecular weight is 279 g/mol. The molecule has 0 saturated heterocycles. The molecule has 2 N–H and O–H groups in total. The van der Waals surface area contributed by atoms with Crippen LogP contribution in [0.4, 0.5) is 0 Å². The Bertz CT molecular complexity index is 800. The maximum atomic E-state index is 5.79. The van der Waals surface area contributed by atoms with Gasteiger partial charge in [0.1, 0.15) is 5.65 Å². The molecule has 108 valence electrons. The van der Waals surface area contributed by atoms with Gasteiger partial charge in [-0.15, -0.1) is 0 Å². The molecule has 2 aromatic heterocycles. The van der Waals surface area contributed by atoms with Crippen LogP contribution in [0.2, 0.25) is 0 Å². The number of aryl methyl sites for hydroxylation is 2. The highest BCUT2D eigenvalue weighted by Gasteiger charge is 2.16. The van der Waals surface area contributed by atoms with Crippen LogP contribution in [0.1, 0.15) is 22.4 Å². The summed E-state index contributed by atoms with van der Waals surface area (Å²) in [4.78, 5) is 4.83. The van der Waals surface area contributed by atoms with Crippen molar-refractivity contribution in [2.75, 3.05) is 6.54 Å². The van der Waals surface area contributed by atoms with Gasteiger partial charge in [-0.1, -0.05) is 24.3 Å². The van der Waals surface area contributed by atoms with E-state index in [-0.39, 0.29) is 0 Å². The van der Waals surface area contributed by atoms with E-state index in [9.17, 15) is 0 Å². The van der Waals surface area contributed by atoms with Gasteiger partial charge in [0.05, 0.1) is 11.4 Å². The lowest BCUT2D eigenvalue weighted by atomic mass is 9.99. The van der Waals surface area contributed by atoms with Crippen LogP contribution < -0.4 is 5.73 Å². The normalized spacial score (nSPS) is 11.2. The Kier molecular flexibility index (Phi) is 3.52. The summed E-state index contributed by atoms with van der Waals surface area (Å²) in [6.45, 7) is 7.03. The molecule has 3 heteroatoms. The zero-order valence-electron chi connectivity index (χ0n) is 12.9. The number of pyridine rings is 1. The van der Waals surface area contributed by atoms with E-state index in [0.29, 0.717) is 6.54 Å². The summed E-state index contributed by atoms with van der Waals surface area (Å²) in [7, 11) is 0. The second-order valence-electron chi connectivity index (χ2n) is 5.58. The number of hydrogen-bond acceptors (Lipinski definition) is 2. The smallest absolute Gasteiger partial charge is 0.140 e. The molecule has 3 rings (SSSR count). The van der Waals surface area contributed by atoms with Crippen LogP contribution in [0.15, 0.2) is 36.5 Å². The Morgan fingerprint density at radius 1 is 1.05 bits per heavy atom. The van der Waals surface area contributed by atoms with Gasteiger partial charge in [-0.25, -0.2) is 4.98 Å². The van der Waals surface area contributed by atoms with Crippen LogP contribution in [0.3, 0.4) is 0 Å². The minimum absolute atomic E-state index is 0.612. The molecular weight excluding hydrogens is 258 g/mol. The minimum Gasteiger partial charge on any atom is -0.330 e. The summed E-state index contributed by atoms with van der Waals surface area (Å²) in [5.74, 6) is 0. The predicted octanol–water partition coefficient (Wildman–Crippen LogP) is 3.43. The molecule has 0 atom stereocenters. The fourth-order valence-electron chi connectivity index (χ4n) is 2.85. The van der Waals surface area contributed by atoms with Crippen molar-refractivity contribution in [2.45, 2.75) is 27.2 Å². The average Bonchev–Trinajstić information content (AvgIpc) is 2.82. The molecule has 3 aromatic rings. The first-order chi connectivity index (χ1) is 10.1. The lowest BCUT2D eigenvalue weighted by Crippen LogP contribution is -2.05. The number of hydrogen-bond donors (Lipinski definition) is 1. The molecule has 0 unspecified atom stereocenters. The van der Waals surface area contributed by atoms with E-state index in [4.69, 9.17) is 10.7 Å². The fraction of sp³-hybridized carbons (Fsp3) is 0.278. The van der Waals surface area contributed by atoms with Crippen molar-refractivity contribution in [3.05, 3.63) is 58.9 Å². The third-order valence-electron chi connectivity index (χ3n) is 4.16. The second-order valence-corrected chi connectivity index (χ2v) is 5.58. The molecule has 3 nitrogen and oxygen atoms in total. The standard InChI is InChI=1S/C18H21N3/c1-12-6-4-8-15(14(12)3)17-16(9-10-19)20-18-13(2)7-5-11-21(17)18/h4-8,11H,9-10,19H2,1-3H3. The number of aromatic nitrogens is 2. The first-order valence-corrected chi connectivity index (χ1v) is 7.36. The summed E-state index contributed by atoms with van der Waals surface area (Å²) in [6.07, 6.45) is 2.89. The Hall–Kier alpha value is -2.13. The van der Waals surface area contributed by atoms with Crippen molar-refractivity contribution in [3.8, 4) is 11.3 Å². The number of fused-ring (bicyclic) bond motifs is 1. The van der Waals surface area contributed by atoms with E-state index < -0.39 is 0 Å². The van der Waals surface area contributed by atoms with E-state index in [1.54, 1.807) is 0 Å². The lowest BCUT2D eigenvalue weighted by molar-refractivity contribution is 0.938. The molecule has 0 saturated carbocycles. The molecule has 0 amide bonds. The number of benzene rings is 1. The van der Waals surface area contributed by atoms with Crippen LogP contribution in [0.25, 0.3) is 16.9 Å². The number of rotatable bonds is 3. The van der Waals surface area contributed by atoms with Crippen molar-refractivity contribution >= 4 is 5.65 Å². The highest BCUT2D eigenvalue weighted by atomic mass is 15.0. The van der Waals surface area contributed by atoms with Crippen molar-refractivity contribution in [3.63, 3.8) is 0 Å². The van der Waals surface area contributed by atoms with Gasteiger partial charge in [0.25, 0.3) is 0 Å². The van der Waals surface area contributed by atoms with Gasteiger partial charge in [0.2, 0.25) is 0 Å². The molecule has 1 aromatic carbocycles. The monoisotopic (exact) mass is 279 g/mol. The van der Waals surface area contributed by atoms with Crippen LogP contribution >= 0.6 is 0 Å².